The van der Waals surface area contributed by atoms with Crippen molar-refractivity contribution in [2.45, 2.75) is 0 Å². The Morgan fingerprint density at radius 3 is 2.64 bits per heavy atom. The van der Waals surface area contributed by atoms with Gasteiger partial charge in [0.15, 0.2) is 5.06 Å². The van der Waals surface area contributed by atoms with E-state index in [9.17, 15) is 4.39 Å². The molecule has 0 amide bonds. The van der Waals surface area contributed by atoms with E-state index in [1.165, 1.54) is 17.4 Å². The lowest BCUT2D eigenvalue weighted by Crippen LogP contribution is -1.83. The molecule has 1 heterocycles. The zero-order valence-corrected chi connectivity index (χ0v) is 8.65. The Labute approximate surface area is 84.9 Å². The molecule has 0 N–H and O–H groups in total. The third kappa shape index (κ3) is 1.32. The third-order valence-corrected chi connectivity index (χ3v) is 3.10. The van der Waals surface area contributed by atoms with Crippen molar-refractivity contribution in [3.05, 3.63) is 24.0 Å². The summed E-state index contributed by atoms with van der Waals surface area (Å²) < 4.78 is 24.1. The van der Waals surface area contributed by atoms with Crippen molar-refractivity contribution in [2.75, 3.05) is 14.2 Å². The van der Waals surface area contributed by atoms with E-state index in [1.54, 1.807) is 26.4 Å². The molecule has 0 bridgehead atoms. The summed E-state index contributed by atoms with van der Waals surface area (Å²) in [6, 6.07) is 4.79. The van der Waals surface area contributed by atoms with Gasteiger partial charge in [0.1, 0.15) is 11.6 Å². The largest absolute Gasteiger partial charge is 0.496 e. The van der Waals surface area contributed by atoms with Gasteiger partial charge < -0.3 is 9.47 Å². The van der Waals surface area contributed by atoms with Gasteiger partial charge in [-0.25, -0.2) is 4.39 Å². The summed E-state index contributed by atoms with van der Waals surface area (Å²) in [6.45, 7) is 0. The molecule has 0 saturated carbocycles. The van der Waals surface area contributed by atoms with E-state index < -0.39 is 0 Å². The van der Waals surface area contributed by atoms with Gasteiger partial charge in [-0.1, -0.05) is 11.3 Å². The van der Waals surface area contributed by atoms with Crippen molar-refractivity contribution in [2.24, 2.45) is 0 Å². The Hall–Kier alpha value is -1.29. The Balaban J connectivity index is 2.74. The van der Waals surface area contributed by atoms with E-state index in [0.29, 0.717) is 15.5 Å². The first-order valence-electron chi connectivity index (χ1n) is 4.06. The van der Waals surface area contributed by atoms with Crippen LogP contribution in [0.2, 0.25) is 0 Å². The maximum atomic E-state index is 13.4. The van der Waals surface area contributed by atoms with Gasteiger partial charge in [0.2, 0.25) is 0 Å². The summed E-state index contributed by atoms with van der Waals surface area (Å²) >= 11 is 1.28. The van der Waals surface area contributed by atoms with Gasteiger partial charge in [0, 0.05) is 11.5 Å². The molecule has 0 atom stereocenters. The summed E-state index contributed by atoms with van der Waals surface area (Å²) in [5.74, 6) is 0.426. The minimum atomic E-state index is -0.242. The van der Waals surface area contributed by atoms with Crippen LogP contribution in [-0.4, -0.2) is 14.2 Å². The van der Waals surface area contributed by atoms with Gasteiger partial charge >= 0.3 is 0 Å². The lowest BCUT2D eigenvalue weighted by molar-refractivity contribution is 0.417. The minimum absolute atomic E-state index is 0.242. The molecule has 1 aromatic carbocycles. The van der Waals surface area contributed by atoms with Crippen LogP contribution < -0.4 is 9.47 Å². The summed E-state index contributed by atoms with van der Waals surface area (Å²) in [7, 11) is 3.13. The lowest BCUT2D eigenvalue weighted by atomic mass is 10.2. The molecule has 4 heteroatoms. The van der Waals surface area contributed by atoms with E-state index in [-0.39, 0.29) is 5.82 Å². The molecule has 0 fully saturated rings. The van der Waals surface area contributed by atoms with E-state index in [2.05, 4.69) is 0 Å². The first-order valence-corrected chi connectivity index (χ1v) is 4.88. The van der Waals surface area contributed by atoms with Crippen LogP contribution in [0.5, 0.6) is 10.8 Å². The molecule has 0 saturated heterocycles. The second-order valence-corrected chi connectivity index (χ2v) is 3.78. The molecule has 0 aliphatic carbocycles. The average molecular weight is 212 g/mol. The highest BCUT2D eigenvalue weighted by Gasteiger charge is 2.10. The van der Waals surface area contributed by atoms with Gasteiger partial charge in [-0.2, -0.15) is 0 Å². The van der Waals surface area contributed by atoms with Gasteiger partial charge in [-0.3, -0.25) is 0 Å². The molecular formula is C10H9FO2S. The number of hydrogen-bond donors (Lipinski definition) is 0. The van der Waals surface area contributed by atoms with Crippen molar-refractivity contribution in [3.8, 4) is 10.8 Å². The first kappa shape index (κ1) is 9.27. The zero-order valence-electron chi connectivity index (χ0n) is 7.83. The lowest BCUT2D eigenvalue weighted by Gasteiger charge is -2.00. The first-order chi connectivity index (χ1) is 6.76. The highest BCUT2D eigenvalue weighted by Crippen LogP contribution is 2.38. The van der Waals surface area contributed by atoms with Crippen molar-refractivity contribution in [1.82, 2.24) is 0 Å². The smallest absolute Gasteiger partial charge is 0.174 e. The van der Waals surface area contributed by atoms with Gasteiger partial charge in [-0.05, 0) is 12.1 Å². The molecule has 14 heavy (non-hydrogen) atoms. The second kappa shape index (κ2) is 3.46. The summed E-state index contributed by atoms with van der Waals surface area (Å²) in [5, 5.41) is 1.44. The molecule has 0 radical (unpaired) electrons. The molecule has 2 nitrogen and oxygen atoms in total. The third-order valence-electron chi connectivity index (χ3n) is 1.99. The summed E-state index contributed by atoms with van der Waals surface area (Å²) in [6.07, 6.45) is 0. The molecule has 0 aliphatic heterocycles. The van der Waals surface area contributed by atoms with Crippen LogP contribution in [0.4, 0.5) is 4.39 Å². The predicted molar refractivity (Wildman–Crippen MR) is 54.9 cm³/mol. The molecule has 1 aromatic heterocycles. The van der Waals surface area contributed by atoms with Crippen LogP contribution in [0.15, 0.2) is 18.2 Å². The van der Waals surface area contributed by atoms with Crippen LogP contribution >= 0.6 is 11.3 Å². The predicted octanol–water partition coefficient (Wildman–Crippen LogP) is 3.06. The fourth-order valence-corrected chi connectivity index (χ4v) is 2.22. The number of hydrogen-bond acceptors (Lipinski definition) is 3. The average Bonchev–Trinajstić information content (AvgIpc) is 2.63. The van der Waals surface area contributed by atoms with Crippen LogP contribution in [-0.2, 0) is 0 Å². The molecule has 0 spiro atoms. The van der Waals surface area contributed by atoms with Crippen LogP contribution in [0.25, 0.3) is 10.1 Å². The highest BCUT2D eigenvalue weighted by atomic mass is 32.1. The van der Waals surface area contributed by atoms with E-state index in [4.69, 9.17) is 9.47 Å². The molecule has 0 unspecified atom stereocenters. The van der Waals surface area contributed by atoms with Crippen molar-refractivity contribution in [3.63, 3.8) is 0 Å². The topological polar surface area (TPSA) is 18.5 Å². The van der Waals surface area contributed by atoms with Gasteiger partial charge in [-0.15, -0.1) is 0 Å². The Morgan fingerprint density at radius 2 is 2.00 bits per heavy atom. The fraction of sp³-hybridized carbons (Fsp3) is 0.200. The number of methoxy groups -OCH3 is 2. The monoisotopic (exact) mass is 212 g/mol. The van der Waals surface area contributed by atoms with Crippen LogP contribution in [0.1, 0.15) is 0 Å². The molecule has 2 rings (SSSR count). The van der Waals surface area contributed by atoms with Crippen molar-refractivity contribution < 1.29 is 13.9 Å². The molecular weight excluding hydrogens is 203 g/mol. The number of fused-ring (bicyclic) bond motifs is 1. The number of ether oxygens (including phenoxy) is 2. The Morgan fingerprint density at radius 1 is 1.21 bits per heavy atom. The second-order valence-electron chi connectivity index (χ2n) is 2.76. The van der Waals surface area contributed by atoms with Gasteiger partial charge in [0.05, 0.1) is 18.9 Å². The van der Waals surface area contributed by atoms with Crippen molar-refractivity contribution in [1.29, 1.82) is 0 Å². The maximum absolute atomic E-state index is 13.4. The SMILES string of the molecule is COc1cc2c(OC)ccc(F)c2s1. The Kier molecular flexibility index (Phi) is 2.29. The van der Waals surface area contributed by atoms with E-state index >= 15 is 0 Å². The fourth-order valence-electron chi connectivity index (χ4n) is 1.32. The van der Waals surface area contributed by atoms with E-state index in [1.807, 2.05) is 0 Å². The standard InChI is InChI=1S/C10H9FO2S/c1-12-8-4-3-7(11)10-6(8)5-9(13-2)14-10/h3-5H,1-2H3. The van der Waals surface area contributed by atoms with Gasteiger partial charge in [0.25, 0.3) is 0 Å². The Bertz CT molecular complexity index is 464. The molecule has 2 aromatic rings. The van der Waals surface area contributed by atoms with Crippen LogP contribution in [0.3, 0.4) is 0 Å². The maximum Gasteiger partial charge on any atom is 0.174 e. The summed E-state index contributed by atoms with van der Waals surface area (Å²) in [4.78, 5) is 0. The minimum Gasteiger partial charge on any atom is -0.496 e. The quantitative estimate of drug-likeness (QED) is 0.761. The summed E-state index contributed by atoms with van der Waals surface area (Å²) in [5.41, 5.74) is 0. The highest BCUT2D eigenvalue weighted by molar-refractivity contribution is 7.20. The van der Waals surface area contributed by atoms with Crippen molar-refractivity contribution >= 4 is 21.4 Å². The van der Waals surface area contributed by atoms with E-state index in [0.717, 1.165) is 5.39 Å². The number of benzene rings is 1. The number of halogens is 1. The zero-order chi connectivity index (χ0) is 10.1. The number of thiophene rings is 1. The van der Waals surface area contributed by atoms with Crippen LogP contribution in [0, 0.1) is 5.82 Å². The normalized spacial score (nSPS) is 10.5. The number of rotatable bonds is 2. The molecule has 74 valence electrons. The molecule has 0 aliphatic rings.